The van der Waals surface area contributed by atoms with Crippen LogP contribution < -0.4 is 0 Å². The number of ether oxygens (including phenoxy) is 3. The van der Waals surface area contributed by atoms with Crippen LogP contribution in [0.15, 0.2) is 0 Å². The Labute approximate surface area is 216 Å². The van der Waals surface area contributed by atoms with Crippen LogP contribution in [0, 0.1) is 5.92 Å². The molecule has 0 heterocycles. The zero-order valence-corrected chi connectivity index (χ0v) is 23.8. The van der Waals surface area contributed by atoms with E-state index in [9.17, 15) is 9.59 Å². The van der Waals surface area contributed by atoms with Crippen LogP contribution in [0.4, 0.5) is 4.79 Å². The Morgan fingerprint density at radius 2 is 1.29 bits per heavy atom. The third kappa shape index (κ3) is 22.9. The van der Waals surface area contributed by atoms with Crippen molar-refractivity contribution in [1.82, 2.24) is 4.90 Å². The number of hydrogen-bond donors (Lipinski definition) is 0. The van der Waals surface area contributed by atoms with Crippen molar-refractivity contribution in [2.24, 2.45) is 5.92 Å². The summed E-state index contributed by atoms with van der Waals surface area (Å²) in [5.74, 6) is 0.307. The summed E-state index contributed by atoms with van der Waals surface area (Å²) < 4.78 is 16.3. The normalized spacial score (nSPS) is 12.2. The van der Waals surface area contributed by atoms with Crippen molar-refractivity contribution in [3.8, 4) is 0 Å². The monoisotopic (exact) mass is 499 g/mol. The second kappa shape index (κ2) is 24.4. The van der Waals surface area contributed by atoms with Crippen LogP contribution in [-0.4, -0.2) is 56.0 Å². The van der Waals surface area contributed by atoms with Gasteiger partial charge in [-0.1, -0.05) is 92.4 Å². The Kier molecular flexibility index (Phi) is 23.5. The van der Waals surface area contributed by atoms with Crippen LogP contribution in [0.25, 0.3) is 0 Å². The van der Waals surface area contributed by atoms with Gasteiger partial charge in [0.15, 0.2) is 0 Å². The first-order valence-corrected chi connectivity index (χ1v) is 14.6. The molecule has 0 saturated heterocycles. The van der Waals surface area contributed by atoms with E-state index in [0.29, 0.717) is 25.4 Å². The number of carbonyl (C=O) groups is 2. The first kappa shape index (κ1) is 33.7. The van der Waals surface area contributed by atoms with Gasteiger partial charge in [0.2, 0.25) is 0 Å². The lowest BCUT2D eigenvalue weighted by Crippen LogP contribution is -2.26. The maximum absolute atomic E-state index is 12.2. The van der Waals surface area contributed by atoms with Crippen molar-refractivity contribution in [3.63, 3.8) is 0 Å². The summed E-state index contributed by atoms with van der Waals surface area (Å²) in [5.41, 5.74) is 0. The molecule has 208 valence electrons. The van der Waals surface area contributed by atoms with E-state index in [0.717, 1.165) is 51.7 Å². The van der Waals surface area contributed by atoms with Gasteiger partial charge in [-0.3, -0.25) is 4.79 Å². The van der Waals surface area contributed by atoms with Crippen molar-refractivity contribution in [3.05, 3.63) is 0 Å². The fraction of sp³-hybridized carbons (Fsp3) is 0.931. The maximum atomic E-state index is 12.2. The lowest BCUT2D eigenvalue weighted by Gasteiger charge is -2.19. The highest BCUT2D eigenvalue weighted by Crippen LogP contribution is 2.15. The highest BCUT2D eigenvalue weighted by atomic mass is 16.7. The van der Waals surface area contributed by atoms with Crippen LogP contribution in [0.3, 0.4) is 0 Å². The Morgan fingerprint density at radius 3 is 1.86 bits per heavy atom. The average molecular weight is 500 g/mol. The molecule has 0 aromatic carbocycles. The molecule has 0 fully saturated rings. The molecule has 0 amide bonds. The molecule has 0 radical (unpaired) electrons. The summed E-state index contributed by atoms with van der Waals surface area (Å²) in [5, 5.41) is 0. The van der Waals surface area contributed by atoms with Crippen molar-refractivity contribution in [2.75, 3.05) is 32.8 Å². The van der Waals surface area contributed by atoms with Gasteiger partial charge in [0.05, 0.1) is 13.2 Å². The van der Waals surface area contributed by atoms with Gasteiger partial charge >= 0.3 is 12.1 Å². The topological polar surface area (TPSA) is 65.1 Å². The second-order valence-electron chi connectivity index (χ2n) is 10.1. The molecule has 0 rings (SSSR count). The Hall–Kier alpha value is -1.30. The summed E-state index contributed by atoms with van der Waals surface area (Å²) >= 11 is 0. The molecule has 6 heteroatoms. The van der Waals surface area contributed by atoms with E-state index in [-0.39, 0.29) is 18.7 Å². The molecule has 1 unspecified atom stereocenters. The van der Waals surface area contributed by atoms with E-state index in [4.69, 9.17) is 14.2 Å². The van der Waals surface area contributed by atoms with Crippen LogP contribution in [0.1, 0.15) is 131 Å². The van der Waals surface area contributed by atoms with E-state index < -0.39 is 6.16 Å². The zero-order valence-electron chi connectivity index (χ0n) is 23.8. The van der Waals surface area contributed by atoms with Crippen LogP contribution in [0.2, 0.25) is 0 Å². The molecule has 0 aliphatic carbocycles. The predicted molar refractivity (Wildman–Crippen MR) is 145 cm³/mol. The minimum absolute atomic E-state index is 0.171. The number of nitrogens with zero attached hydrogens (tertiary/aromatic N) is 1. The summed E-state index contributed by atoms with van der Waals surface area (Å²) in [6.45, 7) is 14.3. The molecule has 6 nitrogen and oxygen atoms in total. The Balaban J connectivity index is 4.25. The molecule has 0 spiro atoms. The van der Waals surface area contributed by atoms with E-state index in [2.05, 4.69) is 39.5 Å². The quantitative estimate of drug-likeness (QED) is 0.0992. The molecule has 0 aliphatic heterocycles. The lowest BCUT2D eigenvalue weighted by molar-refractivity contribution is -0.144. The van der Waals surface area contributed by atoms with Gasteiger partial charge in [0, 0.05) is 19.4 Å². The summed E-state index contributed by atoms with van der Waals surface area (Å²) in [4.78, 5) is 26.4. The molecular weight excluding hydrogens is 442 g/mol. The van der Waals surface area contributed by atoms with Crippen molar-refractivity contribution >= 4 is 12.1 Å². The van der Waals surface area contributed by atoms with E-state index in [1.165, 1.54) is 51.4 Å². The molecule has 35 heavy (non-hydrogen) atoms. The predicted octanol–water partition coefficient (Wildman–Crippen LogP) is 7.92. The summed E-state index contributed by atoms with van der Waals surface area (Å²) in [6.07, 6.45) is 15.2. The highest BCUT2D eigenvalue weighted by molar-refractivity contribution is 5.69. The third-order valence-corrected chi connectivity index (χ3v) is 6.50. The second-order valence-corrected chi connectivity index (χ2v) is 10.1. The largest absolute Gasteiger partial charge is 0.508 e. The van der Waals surface area contributed by atoms with E-state index >= 15 is 0 Å². The lowest BCUT2D eigenvalue weighted by atomic mass is 10.0. The molecule has 0 N–H and O–H groups in total. The van der Waals surface area contributed by atoms with Crippen molar-refractivity contribution < 1.29 is 23.8 Å². The minimum Gasteiger partial charge on any atom is -0.466 e. The van der Waals surface area contributed by atoms with Gasteiger partial charge in [-0.25, -0.2) is 4.79 Å². The molecule has 0 aromatic rings. The van der Waals surface area contributed by atoms with Gasteiger partial charge < -0.3 is 19.1 Å². The van der Waals surface area contributed by atoms with Gasteiger partial charge in [-0.05, 0) is 44.7 Å². The average Bonchev–Trinajstić information content (AvgIpc) is 2.83. The summed E-state index contributed by atoms with van der Waals surface area (Å²) in [7, 11) is 0. The van der Waals surface area contributed by atoms with E-state index in [1.807, 2.05) is 0 Å². The van der Waals surface area contributed by atoms with Crippen molar-refractivity contribution in [1.29, 1.82) is 0 Å². The van der Waals surface area contributed by atoms with Crippen LogP contribution in [0.5, 0.6) is 0 Å². The highest BCUT2D eigenvalue weighted by Gasteiger charge is 2.17. The van der Waals surface area contributed by atoms with Crippen LogP contribution in [-0.2, 0) is 19.0 Å². The maximum Gasteiger partial charge on any atom is 0.508 e. The molecule has 0 saturated carbocycles. The molecule has 0 aliphatic rings. The molecular formula is C29H57NO5. The van der Waals surface area contributed by atoms with E-state index in [1.54, 1.807) is 0 Å². The summed E-state index contributed by atoms with van der Waals surface area (Å²) in [6, 6.07) is 0. The van der Waals surface area contributed by atoms with Crippen LogP contribution >= 0.6 is 0 Å². The molecule has 1 atom stereocenters. The SMILES string of the molecule is CCCCCCCCCCCCC(CCOC(=O)CCC(C)C)OC(=O)OCCCN(CC)CC. The third-order valence-electron chi connectivity index (χ3n) is 6.50. The zero-order chi connectivity index (χ0) is 26.2. The first-order valence-electron chi connectivity index (χ1n) is 14.6. The van der Waals surface area contributed by atoms with Gasteiger partial charge in [-0.2, -0.15) is 0 Å². The fourth-order valence-electron chi connectivity index (χ4n) is 4.06. The fourth-order valence-corrected chi connectivity index (χ4v) is 4.06. The molecule has 0 aromatic heterocycles. The number of unbranched alkanes of at least 4 members (excludes halogenated alkanes) is 9. The Morgan fingerprint density at radius 1 is 0.686 bits per heavy atom. The van der Waals surface area contributed by atoms with Gasteiger partial charge in [0.25, 0.3) is 0 Å². The van der Waals surface area contributed by atoms with Gasteiger partial charge in [0.1, 0.15) is 6.10 Å². The molecule has 0 bridgehead atoms. The Bertz CT molecular complexity index is 493. The van der Waals surface area contributed by atoms with Gasteiger partial charge in [-0.15, -0.1) is 0 Å². The minimum atomic E-state index is -0.604. The number of rotatable bonds is 24. The number of esters is 1. The van der Waals surface area contributed by atoms with Crippen molar-refractivity contribution in [2.45, 2.75) is 137 Å². The standard InChI is InChI=1S/C29H57NO5/c1-6-9-10-11-12-13-14-15-16-17-19-27(22-25-33-28(31)21-20-26(4)5)35-29(32)34-24-18-23-30(7-2)8-3/h26-27H,6-25H2,1-5H3. The number of carbonyl (C=O) groups excluding carboxylic acids is 2. The smallest absolute Gasteiger partial charge is 0.466 e. The number of hydrogen-bond acceptors (Lipinski definition) is 6. The first-order chi connectivity index (χ1) is 16.9.